The largest absolute Gasteiger partial charge is 0.353 e. The Hall–Kier alpha value is -3.93. The summed E-state index contributed by atoms with van der Waals surface area (Å²) in [6, 6.07) is 18.2. The van der Waals surface area contributed by atoms with E-state index in [1.54, 1.807) is 12.5 Å². The highest BCUT2D eigenvalue weighted by molar-refractivity contribution is 6.13. The third-order valence-corrected chi connectivity index (χ3v) is 5.57. The number of aromatic amines is 1. The van der Waals surface area contributed by atoms with Crippen LogP contribution in [0.4, 0.5) is 0 Å². The van der Waals surface area contributed by atoms with Gasteiger partial charge in [0.15, 0.2) is 0 Å². The molecule has 0 aliphatic heterocycles. The summed E-state index contributed by atoms with van der Waals surface area (Å²) in [5.74, 6) is -0.160. The van der Waals surface area contributed by atoms with Crippen molar-refractivity contribution in [3.8, 4) is 11.3 Å². The Labute approximate surface area is 180 Å². The number of hydrogen-bond acceptors (Lipinski definition) is 3. The predicted octanol–water partition coefficient (Wildman–Crippen LogP) is 4.71. The molecule has 154 valence electrons. The lowest BCUT2D eigenvalue weighted by atomic mass is 10.0. The van der Waals surface area contributed by atoms with Crippen molar-refractivity contribution >= 4 is 27.7 Å². The molecule has 0 unspecified atom stereocenters. The molecule has 0 saturated heterocycles. The van der Waals surface area contributed by atoms with E-state index < -0.39 is 0 Å². The Kier molecular flexibility index (Phi) is 4.96. The number of imidazole rings is 1. The molecule has 5 rings (SSSR count). The molecule has 2 N–H and O–H groups in total. The summed E-state index contributed by atoms with van der Waals surface area (Å²) in [5, 5.41) is 5.11. The van der Waals surface area contributed by atoms with Crippen molar-refractivity contribution < 1.29 is 4.79 Å². The van der Waals surface area contributed by atoms with Gasteiger partial charge in [-0.3, -0.25) is 4.79 Å². The predicted molar refractivity (Wildman–Crippen MR) is 123 cm³/mol. The Morgan fingerprint density at radius 1 is 1.10 bits per heavy atom. The van der Waals surface area contributed by atoms with Crippen molar-refractivity contribution in [3.63, 3.8) is 0 Å². The minimum absolute atomic E-state index is 0.160. The molecule has 0 radical (unpaired) electrons. The number of aromatic nitrogens is 4. The topological polar surface area (TPSA) is 75.6 Å². The van der Waals surface area contributed by atoms with E-state index in [0.29, 0.717) is 12.2 Å². The minimum atomic E-state index is -0.160. The number of para-hydroxylation sites is 1. The van der Waals surface area contributed by atoms with Gasteiger partial charge in [0.25, 0.3) is 5.91 Å². The highest BCUT2D eigenvalue weighted by atomic mass is 16.1. The number of fused-ring (bicyclic) bond motifs is 3. The normalized spacial score (nSPS) is 11.3. The molecule has 0 atom stereocenters. The number of nitrogens with zero attached hydrogens (tertiary/aromatic N) is 3. The van der Waals surface area contributed by atoms with Crippen LogP contribution in [0.25, 0.3) is 33.1 Å². The average molecular weight is 409 g/mol. The number of H-pyrrole nitrogens is 1. The van der Waals surface area contributed by atoms with Crippen LogP contribution in [0.3, 0.4) is 0 Å². The van der Waals surface area contributed by atoms with Gasteiger partial charge in [-0.2, -0.15) is 0 Å². The third kappa shape index (κ3) is 3.68. The summed E-state index contributed by atoms with van der Waals surface area (Å²) in [5.41, 5.74) is 5.36. The molecule has 31 heavy (non-hydrogen) atoms. The molecule has 6 heteroatoms. The van der Waals surface area contributed by atoms with Crippen LogP contribution in [0.2, 0.25) is 0 Å². The average Bonchev–Trinajstić information content (AvgIpc) is 3.44. The monoisotopic (exact) mass is 409 g/mol. The van der Waals surface area contributed by atoms with E-state index in [2.05, 4.69) is 40.4 Å². The summed E-state index contributed by atoms with van der Waals surface area (Å²) < 4.78 is 2.00. The molecule has 0 fully saturated rings. The second kappa shape index (κ2) is 8.07. The highest BCUT2D eigenvalue weighted by Gasteiger charge is 2.17. The molecule has 0 aliphatic carbocycles. The third-order valence-electron chi connectivity index (χ3n) is 5.57. The van der Waals surface area contributed by atoms with Crippen LogP contribution >= 0.6 is 0 Å². The van der Waals surface area contributed by atoms with E-state index in [1.807, 2.05) is 47.2 Å². The van der Waals surface area contributed by atoms with E-state index in [1.165, 1.54) is 0 Å². The smallest absolute Gasteiger partial charge is 0.269 e. The second-order valence-corrected chi connectivity index (χ2v) is 7.67. The first-order valence-corrected chi connectivity index (χ1v) is 10.4. The zero-order valence-corrected chi connectivity index (χ0v) is 17.3. The van der Waals surface area contributed by atoms with E-state index >= 15 is 0 Å². The first-order valence-electron chi connectivity index (χ1n) is 10.4. The van der Waals surface area contributed by atoms with Gasteiger partial charge in [-0.25, -0.2) is 9.97 Å². The lowest BCUT2D eigenvalue weighted by Crippen LogP contribution is -2.26. The Bertz CT molecular complexity index is 1370. The van der Waals surface area contributed by atoms with Gasteiger partial charge in [-0.1, -0.05) is 42.5 Å². The number of hydrogen-bond donors (Lipinski definition) is 2. The Morgan fingerprint density at radius 2 is 1.94 bits per heavy atom. The SMILES string of the molecule is Cc1ccccc1-c1nc(C(=O)NCCCn2ccnc2)cc2c1[nH]c1ccccc12. The fourth-order valence-corrected chi connectivity index (χ4v) is 3.97. The standard InChI is InChI=1S/C25H23N5O/c1-17-7-2-3-8-18(17)23-24-20(19-9-4-5-10-21(19)28-24)15-22(29-23)25(31)27-11-6-13-30-14-12-26-16-30/h2-5,7-10,12,14-16,28H,6,11,13H2,1H3,(H,27,31). The molecule has 0 aliphatic rings. The van der Waals surface area contributed by atoms with Crippen molar-refractivity contribution in [2.45, 2.75) is 19.9 Å². The molecule has 3 aromatic heterocycles. The van der Waals surface area contributed by atoms with Crippen LogP contribution in [0.5, 0.6) is 0 Å². The van der Waals surface area contributed by atoms with Gasteiger partial charge in [0.1, 0.15) is 5.69 Å². The molecule has 1 amide bonds. The fraction of sp³-hybridized carbons (Fsp3) is 0.160. The number of amides is 1. The van der Waals surface area contributed by atoms with Gasteiger partial charge in [0.2, 0.25) is 0 Å². The van der Waals surface area contributed by atoms with E-state index in [-0.39, 0.29) is 5.91 Å². The summed E-state index contributed by atoms with van der Waals surface area (Å²) in [7, 11) is 0. The number of pyridine rings is 1. The van der Waals surface area contributed by atoms with Crippen LogP contribution in [0.15, 0.2) is 73.3 Å². The molecule has 5 aromatic rings. The lowest BCUT2D eigenvalue weighted by Gasteiger charge is -2.10. The van der Waals surface area contributed by atoms with Gasteiger partial charge in [-0.05, 0) is 31.0 Å². The van der Waals surface area contributed by atoms with Gasteiger partial charge < -0.3 is 14.9 Å². The molecule has 6 nitrogen and oxygen atoms in total. The van der Waals surface area contributed by atoms with Crippen LogP contribution in [-0.4, -0.2) is 32.0 Å². The number of aryl methyl sites for hydroxylation is 2. The summed E-state index contributed by atoms with van der Waals surface area (Å²) in [6.07, 6.45) is 6.28. The van der Waals surface area contributed by atoms with Crippen molar-refractivity contribution in [1.29, 1.82) is 0 Å². The van der Waals surface area contributed by atoms with Gasteiger partial charge in [0, 0.05) is 47.3 Å². The van der Waals surface area contributed by atoms with Crippen molar-refractivity contribution in [2.24, 2.45) is 0 Å². The number of rotatable bonds is 6. The first-order chi connectivity index (χ1) is 15.2. The maximum absolute atomic E-state index is 13.0. The number of carbonyl (C=O) groups is 1. The van der Waals surface area contributed by atoms with E-state index in [0.717, 1.165) is 51.6 Å². The molecule has 0 spiro atoms. The zero-order valence-electron chi connectivity index (χ0n) is 17.3. The van der Waals surface area contributed by atoms with Crippen molar-refractivity contribution in [1.82, 2.24) is 24.8 Å². The highest BCUT2D eigenvalue weighted by Crippen LogP contribution is 2.33. The maximum Gasteiger partial charge on any atom is 0.269 e. The van der Waals surface area contributed by atoms with E-state index in [9.17, 15) is 4.79 Å². The van der Waals surface area contributed by atoms with Crippen molar-refractivity contribution in [2.75, 3.05) is 6.54 Å². The van der Waals surface area contributed by atoms with Crippen LogP contribution in [0.1, 0.15) is 22.5 Å². The fourth-order valence-electron chi connectivity index (χ4n) is 3.97. The molecule has 0 bridgehead atoms. The van der Waals surface area contributed by atoms with Crippen LogP contribution in [-0.2, 0) is 6.54 Å². The van der Waals surface area contributed by atoms with E-state index in [4.69, 9.17) is 4.98 Å². The summed E-state index contributed by atoms with van der Waals surface area (Å²) in [6.45, 7) is 3.45. The lowest BCUT2D eigenvalue weighted by molar-refractivity contribution is 0.0948. The number of nitrogens with one attached hydrogen (secondary N) is 2. The van der Waals surface area contributed by atoms with Crippen LogP contribution < -0.4 is 5.32 Å². The minimum Gasteiger partial charge on any atom is -0.353 e. The quantitative estimate of drug-likeness (QED) is 0.399. The first kappa shape index (κ1) is 19.1. The summed E-state index contributed by atoms with van der Waals surface area (Å²) >= 11 is 0. The molecule has 3 heterocycles. The van der Waals surface area contributed by atoms with Crippen molar-refractivity contribution in [3.05, 3.63) is 84.6 Å². The molecule has 2 aromatic carbocycles. The summed E-state index contributed by atoms with van der Waals surface area (Å²) in [4.78, 5) is 25.3. The second-order valence-electron chi connectivity index (χ2n) is 7.67. The van der Waals surface area contributed by atoms with Gasteiger partial charge in [-0.15, -0.1) is 0 Å². The Morgan fingerprint density at radius 3 is 2.77 bits per heavy atom. The number of carbonyl (C=O) groups excluding carboxylic acids is 1. The zero-order chi connectivity index (χ0) is 21.2. The van der Waals surface area contributed by atoms with Crippen LogP contribution in [0, 0.1) is 6.92 Å². The Balaban J connectivity index is 1.51. The maximum atomic E-state index is 13.0. The van der Waals surface area contributed by atoms with Gasteiger partial charge >= 0.3 is 0 Å². The number of benzene rings is 2. The molecular weight excluding hydrogens is 386 g/mol. The molecular formula is C25H23N5O. The van der Waals surface area contributed by atoms with Gasteiger partial charge in [0.05, 0.1) is 17.5 Å². The molecule has 0 saturated carbocycles.